The minimum atomic E-state index is 0.482. The van der Waals surface area contributed by atoms with Gasteiger partial charge in [-0.25, -0.2) is 0 Å². The van der Waals surface area contributed by atoms with Gasteiger partial charge in [-0.1, -0.05) is 0 Å². The van der Waals surface area contributed by atoms with Crippen molar-refractivity contribution in [3.63, 3.8) is 0 Å². The van der Waals surface area contributed by atoms with E-state index in [9.17, 15) is 0 Å². The number of morpholine rings is 1. The van der Waals surface area contributed by atoms with Crippen LogP contribution in [0.15, 0.2) is 0 Å². The van der Waals surface area contributed by atoms with E-state index in [1.807, 2.05) is 0 Å². The minimum absolute atomic E-state index is 0.482. The van der Waals surface area contributed by atoms with Crippen LogP contribution in [0.2, 0.25) is 0 Å². The van der Waals surface area contributed by atoms with Gasteiger partial charge in [0, 0.05) is 38.3 Å². The molecule has 3 rings (SSSR count). The number of nitrogens with zero attached hydrogens (tertiary/aromatic N) is 2. The molecule has 0 bridgehead atoms. The fraction of sp³-hybridized carbons (Fsp3) is 1.00. The molecule has 19 heavy (non-hydrogen) atoms. The van der Waals surface area contributed by atoms with E-state index >= 15 is 0 Å². The zero-order valence-corrected chi connectivity index (χ0v) is 12.1. The highest BCUT2D eigenvalue weighted by Gasteiger charge is 2.30. The summed E-state index contributed by atoms with van der Waals surface area (Å²) in [6.07, 6.45) is 6.53. The van der Waals surface area contributed by atoms with Crippen LogP contribution in [0.4, 0.5) is 0 Å². The van der Waals surface area contributed by atoms with Crippen LogP contribution >= 0.6 is 0 Å². The Bertz CT molecular complexity index is 273. The largest absolute Gasteiger partial charge is 0.379 e. The van der Waals surface area contributed by atoms with Crippen LogP contribution in [0.3, 0.4) is 0 Å². The third-order valence-electron chi connectivity index (χ3n) is 5.22. The van der Waals surface area contributed by atoms with Crippen molar-refractivity contribution in [1.29, 1.82) is 0 Å². The van der Waals surface area contributed by atoms with Gasteiger partial charge in [0.05, 0.1) is 13.2 Å². The number of hydrogen-bond donors (Lipinski definition) is 1. The topological polar surface area (TPSA) is 41.7 Å². The molecule has 2 saturated heterocycles. The van der Waals surface area contributed by atoms with E-state index in [-0.39, 0.29) is 0 Å². The summed E-state index contributed by atoms with van der Waals surface area (Å²) in [7, 11) is 0. The molecule has 110 valence electrons. The van der Waals surface area contributed by atoms with Crippen LogP contribution in [0.5, 0.6) is 0 Å². The number of hydrogen-bond acceptors (Lipinski definition) is 4. The molecule has 0 amide bonds. The molecule has 4 heteroatoms. The zero-order chi connectivity index (χ0) is 13.1. The molecule has 3 fully saturated rings. The average molecular weight is 267 g/mol. The Morgan fingerprint density at radius 2 is 1.68 bits per heavy atom. The van der Waals surface area contributed by atoms with Gasteiger partial charge < -0.3 is 15.4 Å². The molecule has 1 unspecified atom stereocenters. The first-order valence-corrected chi connectivity index (χ1v) is 8.11. The average Bonchev–Trinajstić information content (AvgIpc) is 2.91. The Kier molecular flexibility index (Phi) is 4.74. The van der Waals surface area contributed by atoms with Crippen molar-refractivity contribution in [2.45, 2.75) is 44.2 Å². The van der Waals surface area contributed by atoms with Gasteiger partial charge in [-0.15, -0.1) is 0 Å². The van der Waals surface area contributed by atoms with Gasteiger partial charge in [0.25, 0.3) is 0 Å². The van der Waals surface area contributed by atoms with Crippen LogP contribution in [0.25, 0.3) is 0 Å². The Balaban J connectivity index is 1.41. The minimum Gasteiger partial charge on any atom is -0.379 e. The lowest BCUT2D eigenvalue weighted by atomic mass is 9.86. The molecule has 2 heterocycles. The van der Waals surface area contributed by atoms with Gasteiger partial charge in [-0.2, -0.15) is 0 Å². The van der Waals surface area contributed by atoms with Crippen molar-refractivity contribution in [1.82, 2.24) is 9.80 Å². The van der Waals surface area contributed by atoms with Gasteiger partial charge in [-0.3, -0.25) is 4.90 Å². The quantitative estimate of drug-likeness (QED) is 0.825. The molecule has 3 aliphatic rings. The summed E-state index contributed by atoms with van der Waals surface area (Å²) < 4.78 is 5.45. The number of ether oxygens (including phenoxy) is 1. The predicted octanol–water partition coefficient (Wildman–Crippen LogP) is 0.910. The molecule has 0 aromatic rings. The Hall–Kier alpha value is -0.160. The van der Waals surface area contributed by atoms with Gasteiger partial charge in [0.2, 0.25) is 0 Å². The maximum atomic E-state index is 5.99. The van der Waals surface area contributed by atoms with E-state index in [1.165, 1.54) is 51.7 Å². The summed E-state index contributed by atoms with van der Waals surface area (Å²) in [6, 6.07) is 1.27. The van der Waals surface area contributed by atoms with Crippen molar-refractivity contribution in [2.75, 3.05) is 45.9 Å². The Morgan fingerprint density at radius 1 is 0.947 bits per heavy atom. The fourth-order valence-electron chi connectivity index (χ4n) is 3.95. The molecule has 2 aliphatic heterocycles. The van der Waals surface area contributed by atoms with Crippen LogP contribution in [0.1, 0.15) is 32.1 Å². The van der Waals surface area contributed by atoms with Crippen molar-refractivity contribution in [3.8, 4) is 0 Å². The molecule has 0 aromatic carbocycles. The van der Waals surface area contributed by atoms with E-state index in [0.717, 1.165) is 38.3 Å². The lowest BCUT2D eigenvalue weighted by Gasteiger charge is -2.33. The number of rotatable bonds is 3. The highest BCUT2D eigenvalue weighted by Crippen LogP contribution is 2.26. The highest BCUT2D eigenvalue weighted by atomic mass is 16.5. The molecular formula is C15H29N3O. The molecule has 0 radical (unpaired) electrons. The van der Waals surface area contributed by atoms with Crippen LogP contribution in [-0.4, -0.2) is 67.8 Å². The molecule has 0 spiro atoms. The molecule has 1 atom stereocenters. The van der Waals surface area contributed by atoms with Crippen LogP contribution < -0.4 is 5.73 Å². The van der Waals surface area contributed by atoms with Crippen molar-refractivity contribution >= 4 is 0 Å². The SMILES string of the molecule is NC1CCC(CN2CCC(N3CCOCC3)C2)CC1. The van der Waals surface area contributed by atoms with Gasteiger partial charge >= 0.3 is 0 Å². The van der Waals surface area contributed by atoms with Gasteiger partial charge in [0.15, 0.2) is 0 Å². The van der Waals surface area contributed by atoms with Gasteiger partial charge in [-0.05, 0) is 44.6 Å². The summed E-state index contributed by atoms with van der Waals surface area (Å²) in [5.41, 5.74) is 5.99. The number of nitrogens with two attached hydrogens (primary N) is 1. The first kappa shape index (κ1) is 13.8. The Labute approximate surface area is 117 Å². The summed E-state index contributed by atoms with van der Waals surface area (Å²) in [4.78, 5) is 5.34. The molecule has 1 aliphatic carbocycles. The summed E-state index contributed by atoms with van der Waals surface area (Å²) >= 11 is 0. The normalized spacial score (nSPS) is 38.7. The summed E-state index contributed by atoms with van der Waals surface area (Å²) in [5, 5.41) is 0. The monoisotopic (exact) mass is 267 g/mol. The van der Waals surface area contributed by atoms with E-state index in [2.05, 4.69) is 9.80 Å². The number of likely N-dealkylation sites (tertiary alicyclic amines) is 1. The third kappa shape index (κ3) is 3.69. The first-order valence-electron chi connectivity index (χ1n) is 8.11. The highest BCUT2D eigenvalue weighted by molar-refractivity contribution is 4.86. The maximum absolute atomic E-state index is 5.99. The van der Waals surface area contributed by atoms with Crippen LogP contribution in [-0.2, 0) is 4.74 Å². The standard InChI is InChI=1S/C15H29N3O/c16-14-3-1-13(2-4-14)11-17-6-5-15(12-17)18-7-9-19-10-8-18/h13-15H,1-12,16H2. The van der Waals surface area contributed by atoms with Crippen molar-refractivity contribution in [3.05, 3.63) is 0 Å². The zero-order valence-electron chi connectivity index (χ0n) is 12.1. The van der Waals surface area contributed by atoms with E-state index in [0.29, 0.717) is 6.04 Å². The summed E-state index contributed by atoms with van der Waals surface area (Å²) in [6.45, 7) is 8.02. The van der Waals surface area contributed by atoms with Crippen molar-refractivity contribution in [2.24, 2.45) is 11.7 Å². The molecular weight excluding hydrogens is 238 g/mol. The van der Waals surface area contributed by atoms with Gasteiger partial charge in [0.1, 0.15) is 0 Å². The lowest BCUT2D eigenvalue weighted by Crippen LogP contribution is -2.45. The molecule has 2 N–H and O–H groups in total. The first-order chi connectivity index (χ1) is 9.31. The predicted molar refractivity (Wildman–Crippen MR) is 77.2 cm³/mol. The molecule has 0 aromatic heterocycles. The third-order valence-corrected chi connectivity index (χ3v) is 5.22. The second kappa shape index (κ2) is 6.53. The smallest absolute Gasteiger partial charge is 0.0594 e. The van der Waals surface area contributed by atoms with E-state index in [4.69, 9.17) is 10.5 Å². The maximum Gasteiger partial charge on any atom is 0.0594 e. The second-order valence-electron chi connectivity index (χ2n) is 6.63. The van der Waals surface area contributed by atoms with Crippen LogP contribution in [0, 0.1) is 5.92 Å². The second-order valence-corrected chi connectivity index (χ2v) is 6.63. The van der Waals surface area contributed by atoms with E-state index in [1.54, 1.807) is 0 Å². The molecule has 1 saturated carbocycles. The Morgan fingerprint density at radius 3 is 2.42 bits per heavy atom. The fourth-order valence-corrected chi connectivity index (χ4v) is 3.95. The molecule has 4 nitrogen and oxygen atoms in total. The van der Waals surface area contributed by atoms with Crippen molar-refractivity contribution < 1.29 is 4.74 Å². The lowest BCUT2D eigenvalue weighted by molar-refractivity contribution is 0.0181. The summed E-state index contributed by atoms with van der Waals surface area (Å²) in [5.74, 6) is 0.906. The van der Waals surface area contributed by atoms with E-state index < -0.39 is 0 Å².